The molecule has 1 aliphatic heterocycles. The molecule has 0 amide bonds. The topological polar surface area (TPSA) is 103 Å². The minimum Gasteiger partial charge on any atom is -0.419 e. The average Bonchev–Trinajstić information content (AvgIpc) is 3.28. The molecule has 1 aliphatic rings. The summed E-state index contributed by atoms with van der Waals surface area (Å²) < 4.78 is 41.1. The Morgan fingerprint density at radius 2 is 1.79 bits per heavy atom. The number of morpholine rings is 1. The van der Waals surface area contributed by atoms with Gasteiger partial charge in [-0.3, -0.25) is 4.68 Å². The second-order valence-electron chi connectivity index (χ2n) is 6.68. The third kappa shape index (κ3) is 4.00. The van der Waals surface area contributed by atoms with Gasteiger partial charge in [-0.2, -0.15) is 9.40 Å². The summed E-state index contributed by atoms with van der Waals surface area (Å²) in [5, 5.41) is 12.6. The van der Waals surface area contributed by atoms with Gasteiger partial charge in [0.25, 0.3) is 0 Å². The molecule has 3 aromatic rings. The predicted octanol–water partition coefficient (Wildman–Crippen LogP) is 2.38. The minimum atomic E-state index is -3.64. The van der Waals surface area contributed by atoms with Crippen LogP contribution >= 0.6 is 15.9 Å². The highest BCUT2D eigenvalue weighted by Crippen LogP contribution is 2.25. The van der Waals surface area contributed by atoms with Crippen molar-refractivity contribution in [3.8, 4) is 11.5 Å². The van der Waals surface area contributed by atoms with Crippen molar-refractivity contribution in [1.82, 2.24) is 24.3 Å². The first-order valence-electron chi connectivity index (χ1n) is 9.06. The maximum atomic E-state index is 13.1. The number of halogens is 1. The summed E-state index contributed by atoms with van der Waals surface area (Å²) in [6, 6.07) is 7.53. The number of benzene rings is 1. The van der Waals surface area contributed by atoms with Gasteiger partial charge >= 0.3 is 0 Å². The summed E-state index contributed by atoms with van der Waals surface area (Å²) in [7, 11) is -3.64. The van der Waals surface area contributed by atoms with Crippen molar-refractivity contribution in [1.29, 1.82) is 0 Å². The predicted molar refractivity (Wildman–Crippen MR) is 108 cm³/mol. The molecule has 29 heavy (non-hydrogen) atoms. The lowest BCUT2D eigenvalue weighted by molar-refractivity contribution is 0.0730. The standard InChI is InChI=1S/C18H20BrN5O4S/c1-12-17(29(25,26)23-7-9-27-10-8-23)13(2)24(22-12)11-16-20-21-18(28-16)14-3-5-15(19)6-4-14/h3-6H,7-11H2,1-2H3. The third-order valence-corrected chi connectivity index (χ3v) is 7.41. The second-order valence-corrected chi connectivity index (χ2v) is 9.47. The monoisotopic (exact) mass is 481 g/mol. The van der Waals surface area contributed by atoms with Crippen LogP contribution in [0, 0.1) is 13.8 Å². The van der Waals surface area contributed by atoms with Gasteiger partial charge in [-0.15, -0.1) is 10.2 Å². The highest BCUT2D eigenvalue weighted by molar-refractivity contribution is 9.10. The molecular weight excluding hydrogens is 462 g/mol. The Morgan fingerprint density at radius 3 is 2.48 bits per heavy atom. The van der Waals surface area contributed by atoms with E-state index in [9.17, 15) is 8.42 Å². The molecule has 0 unspecified atom stereocenters. The molecule has 0 spiro atoms. The Hall–Kier alpha value is -2.08. The smallest absolute Gasteiger partial charge is 0.247 e. The summed E-state index contributed by atoms with van der Waals surface area (Å²) in [5.41, 5.74) is 1.79. The van der Waals surface area contributed by atoms with E-state index in [-0.39, 0.29) is 11.4 Å². The van der Waals surface area contributed by atoms with Crippen molar-refractivity contribution in [3.63, 3.8) is 0 Å². The van der Waals surface area contributed by atoms with E-state index in [4.69, 9.17) is 9.15 Å². The first kappa shape index (κ1) is 20.2. The SMILES string of the molecule is Cc1nn(Cc2nnc(-c3ccc(Br)cc3)o2)c(C)c1S(=O)(=O)N1CCOCC1. The number of hydrogen-bond acceptors (Lipinski definition) is 7. The second kappa shape index (κ2) is 7.98. The van der Waals surface area contributed by atoms with Crippen LogP contribution in [0.15, 0.2) is 38.1 Å². The Labute approximate surface area is 176 Å². The summed E-state index contributed by atoms with van der Waals surface area (Å²) in [4.78, 5) is 0.229. The van der Waals surface area contributed by atoms with E-state index in [1.165, 1.54) is 4.31 Å². The summed E-state index contributed by atoms with van der Waals surface area (Å²) in [6.07, 6.45) is 0. The van der Waals surface area contributed by atoms with E-state index in [2.05, 4.69) is 31.2 Å². The van der Waals surface area contributed by atoms with Crippen LogP contribution in [0.5, 0.6) is 0 Å². The van der Waals surface area contributed by atoms with Gasteiger partial charge in [-0.25, -0.2) is 8.42 Å². The van der Waals surface area contributed by atoms with Gasteiger partial charge in [-0.1, -0.05) is 15.9 Å². The molecule has 0 saturated carbocycles. The third-order valence-electron chi connectivity index (χ3n) is 4.73. The summed E-state index contributed by atoms with van der Waals surface area (Å²) in [6.45, 7) is 5.09. The first-order valence-corrected chi connectivity index (χ1v) is 11.3. The number of hydrogen-bond donors (Lipinski definition) is 0. The van der Waals surface area contributed by atoms with Crippen molar-refractivity contribution < 1.29 is 17.6 Å². The van der Waals surface area contributed by atoms with Gasteiger partial charge < -0.3 is 9.15 Å². The fourth-order valence-electron chi connectivity index (χ4n) is 3.28. The lowest BCUT2D eigenvalue weighted by Gasteiger charge is -2.26. The van der Waals surface area contributed by atoms with Crippen LogP contribution in [0.1, 0.15) is 17.3 Å². The highest BCUT2D eigenvalue weighted by Gasteiger charge is 2.32. The van der Waals surface area contributed by atoms with E-state index in [0.717, 1.165) is 10.0 Å². The number of sulfonamides is 1. The van der Waals surface area contributed by atoms with Crippen LogP contribution in [0.2, 0.25) is 0 Å². The molecule has 0 aliphatic carbocycles. The Morgan fingerprint density at radius 1 is 1.10 bits per heavy atom. The molecule has 11 heteroatoms. The van der Waals surface area contributed by atoms with Crippen molar-refractivity contribution >= 4 is 26.0 Å². The Kier molecular flexibility index (Phi) is 5.56. The van der Waals surface area contributed by atoms with Gasteiger partial charge in [0.15, 0.2) is 0 Å². The maximum Gasteiger partial charge on any atom is 0.247 e. The Balaban J connectivity index is 1.59. The van der Waals surface area contributed by atoms with Crippen LogP contribution in [-0.2, 0) is 21.3 Å². The molecule has 0 atom stereocenters. The number of nitrogens with zero attached hydrogens (tertiary/aromatic N) is 5. The first-order chi connectivity index (χ1) is 13.9. The molecule has 1 saturated heterocycles. The molecule has 2 aromatic heterocycles. The molecule has 0 bridgehead atoms. The van der Waals surface area contributed by atoms with Crippen molar-refractivity contribution in [2.24, 2.45) is 0 Å². The van der Waals surface area contributed by atoms with Crippen molar-refractivity contribution in [2.75, 3.05) is 26.3 Å². The summed E-state index contributed by atoms with van der Waals surface area (Å²) in [5.74, 6) is 0.749. The molecule has 0 radical (unpaired) electrons. The van der Waals surface area contributed by atoms with Crippen molar-refractivity contribution in [2.45, 2.75) is 25.3 Å². The zero-order valence-corrected chi connectivity index (χ0v) is 18.4. The fraction of sp³-hybridized carbons (Fsp3) is 0.389. The molecule has 1 aromatic carbocycles. The van der Waals surface area contributed by atoms with Crippen LogP contribution < -0.4 is 0 Å². The minimum absolute atomic E-state index is 0.189. The van der Waals surface area contributed by atoms with E-state index < -0.39 is 10.0 Å². The lowest BCUT2D eigenvalue weighted by Crippen LogP contribution is -2.41. The zero-order chi connectivity index (χ0) is 20.6. The van der Waals surface area contributed by atoms with E-state index in [1.807, 2.05) is 24.3 Å². The van der Waals surface area contributed by atoms with Crippen LogP contribution in [0.25, 0.3) is 11.5 Å². The number of ether oxygens (including phenoxy) is 1. The van der Waals surface area contributed by atoms with E-state index >= 15 is 0 Å². The van der Waals surface area contributed by atoms with Crippen LogP contribution in [0.4, 0.5) is 0 Å². The summed E-state index contributed by atoms with van der Waals surface area (Å²) >= 11 is 3.39. The van der Waals surface area contributed by atoms with Crippen LogP contribution in [-0.4, -0.2) is 59.0 Å². The van der Waals surface area contributed by atoms with Crippen molar-refractivity contribution in [3.05, 3.63) is 46.0 Å². The number of rotatable bonds is 5. The molecular formula is C18H20BrN5O4S. The molecule has 4 rings (SSSR count). The van der Waals surface area contributed by atoms with Gasteiger partial charge in [0.05, 0.1) is 24.6 Å². The maximum absolute atomic E-state index is 13.1. The molecule has 154 valence electrons. The molecule has 1 fully saturated rings. The lowest BCUT2D eigenvalue weighted by atomic mass is 10.2. The van der Waals surface area contributed by atoms with E-state index in [1.54, 1.807) is 18.5 Å². The fourth-order valence-corrected chi connectivity index (χ4v) is 5.32. The Bertz CT molecular complexity index is 1120. The van der Waals surface area contributed by atoms with E-state index in [0.29, 0.717) is 49.5 Å². The quantitative estimate of drug-likeness (QED) is 0.550. The average molecular weight is 482 g/mol. The van der Waals surface area contributed by atoms with Gasteiger partial charge in [0.1, 0.15) is 11.4 Å². The normalized spacial score (nSPS) is 15.7. The number of aromatic nitrogens is 4. The molecule has 0 N–H and O–H groups in total. The largest absolute Gasteiger partial charge is 0.419 e. The van der Waals surface area contributed by atoms with Gasteiger partial charge in [0, 0.05) is 23.1 Å². The van der Waals surface area contributed by atoms with Gasteiger partial charge in [0.2, 0.25) is 21.8 Å². The highest BCUT2D eigenvalue weighted by atomic mass is 79.9. The molecule has 9 nitrogen and oxygen atoms in total. The van der Waals surface area contributed by atoms with Crippen LogP contribution in [0.3, 0.4) is 0 Å². The molecule has 3 heterocycles. The van der Waals surface area contributed by atoms with Gasteiger partial charge in [-0.05, 0) is 38.1 Å². The zero-order valence-electron chi connectivity index (χ0n) is 16.0. The number of aryl methyl sites for hydroxylation is 1.